The maximum absolute atomic E-state index is 13.2. The molecule has 2 unspecified atom stereocenters. The van der Waals surface area contributed by atoms with Crippen molar-refractivity contribution in [3.05, 3.63) is 54.2 Å². The van der Waals surface area contributed by atoms with Crippen LogP contribution in [0.1, 0.15) is 37.3 Å². The van der Waals surface area contributed by atoms with E-state index in [1.807, 2.05) is 42.5 Å². The summed E-state index contributed by atoms with van der Waals surface area (Å²) in [6.07, 6.45) is 5.68. The molecule has 4 rings (SSSR count). The molecule has 2 fully saturated rings. The van der Waals surface area contributed by atoms with Gasteiger partial charge in [-0.2, -0.15) is 0 Å². The maximum atomic E-state index is 13.2. The standard InChI is InChI=1S/C23H29N5O2/c24-22(29)18-9-6-14-28(16-18)20-11-10-19(15-25-20)26-23(30)21(27-12-4-5-13-27)17-7-2-1-3-8-17/h1-3,7-8,10-11,15,18,21H,4-6,9,12-14,16H2,(H2,24,29)(H,26,30). The van der Waals surface area contributed by atoms with Crippen LogP contribution in [0.25, 0.3) is 0 Å². The Kier molecular flexibility index (Phi) is 6.28. The fourth-order valence-corrected chi connectivity index (χ4v) is 4.44. The molecule has 2 atom stereocenters. The van der Waals surface area contributed by atoms with Crippen LogP contribution in [-0.4, -0.2) is 47.9 Å². The summed E-state index contributed by atoms with van der Waals surface area (Å²) >= 11 is 0. The number of aromatic nitrogens is 1. The number of benzene rings is 1. The Morgan fingerprint density at radius 1 is 1.03 bits per heavy atom. The fraction of sp³-hybridized carbons (Fsp3) is 0.435. The van der Waals surface area contributed by atoms with E-state index in [1.54, 1.807) is 6.20 Å². The van der Waals surface area contributed by atoms with Crippen molar-refractivity contribution in [3.63, 3.8) is 0 Å². The lowest BCUT2D eigenvalue weighted by Crippen LogP contribution is -2.41. The molecule has 158 valence electrons. The van der Waals surface area contributed by atoms with Gasteiger partial charge in [0.15, 0.2) is 0 Å². The number of hydrogen-bond donors (Lipinski definition) is 2. The number of hydrogen-bond acceptors (Lipinski definition) is 5. The fourth-order valence-electron chi connectivity index (χ4n) is 4.44. The first-order valence-electron chi connectivity index (χ1n) is 10.7. The number of nitrogens with two attached hydrogens (primary N) is 1. The molecule has 1 aromatic heterocycles. The van der Waals surface area contributed by atoms with Crippen molar-refractivity contribution in [3.8, 4) is 0 Å². The number of carbonyl (C=O) groups is 2. The van der Waals surface area contributed by atoms with Crippen LogP contribution < -0.4 is 16.0 Å². The zero-order valence-corrected chi connectivity index (χ0v) is 17.2. The van der Waals surface area contributed by atoms with Gasteiger partial charge < -0.3 is 16.0 Å². The van der Waals surface area contributed by atoms with Crippen molar-refractivity contribution < 1.29 is 9.59 Å². The monoisotopic (exact) mass is 407 g/mol. The Hall–Kier alpha value is -2.93. The topological polar surface area (TPSA) is 91.6 Å². The van der Waals surface area contributed by atoms with Crippen LogP contribution in [0.5, 0.6) is 0 Å². The zero-order chi connectivity index (χ0) is 20.9. The van der Waals surface area contributed by atoms with Gasteiger partial charge in [-0.3, -0.25) is 14.5 Å². The molecule has 2 aromatic rings. The minimum atomic E-state index is -0.299. The summed E-state index contributed by atoms with van der Waals surface area (Å²) in [6.45, 7) is 3.31. The lowest BCUT2D eigenvalue weighted by molar-refractivity contribution is -0.122. The summed E-state index contributed by atoms with van der Waals surface area (Å²) in [5.74, 6) is 0.381. The molecule has 1 aromatic carbocycles. The van der Waals surface area contributed by atoms with Crippen molar-refractivity contribution in [2.75, 3.05) is 36.4 Å². The van der Waals surface area contributed by atoms with E-state index in [0.29, 0.717) is 12.2 Å². The normalized spacial score (nSPS) is 20.7. The number of piperidine rings is 1. The van der Waals surface area contributed by atoms with Gasteiger partial charge in [-0.05, 0) is 56.5 Å². The number of amides is 2. The third-order valence-corrected chi connectivity index (χ3v) is 6.03. The van der Waals surface area contributed by atoms with Gasteiger partial charge in [0.2, 0.25) is 11.8 Å². The summed E-state index contributed by atoms with van der Waals surface area (Å²) < 4.78 is 0. The van der Waals surface area contributed by atoms with Gasteiger partial charge in [0, 0.05) is 13.1 Å². The summed E-state index contributed by atoms with van der Waals surface area (Å²) in [7, 11) is 0. The minimum Gasteiger partial charge on any atom is -0.369 e. The van der Waals surface area contributed by atoms with E-state index in [0.717, 1.165) is 56.7 Å². The minimum absolute atomic E-state index is 0.0376. The average Bonchev–Trinajstić information content (AvgIpc) is 3.29. The van der Waals surface area contributed by atoms with Crippen molar-refractivity contribution in [1.29, 1.82) is 0 Å². The van der Waals surface area contributed by atoms with Gasteiger partial charge in [-0.25, -0.2) is 4.98 Å². The van der Waals surface area contributed by atoms with Crippen LogP contribution in [0.15, 0.2) is 48.7 Å². The molecule has 2 saturated heterocycles. The van der Waals surface area contributed by atoms with Crippen molar-refractivity contribution in [1.82, 2.24) is 9.88 Å². The molecule has 0 aliphatic carbocycles. The smallest absolute Gasteiger partial charge is 0.246 e. The second-order valence-electron chi connectivity index (χ2n) is 8.14. The first kappa shape index (κ1) is 20.3. The highest BCUT2D eigenvalue weighted by atomic mass is 16.2. The van der Waals surface area contributed by atoms with Crippen LogP contribution in [-0.2, 0) is 9.59 Å². The van der Waals surface area contributed by atoms with E-state index in [-0.39, 0.29) is 23.8 Å². The van der Waals surface area contributed by atoms with Crippen LogP contribution in [0.3, 0.4) is 0 Å². The van der Waals surface area contributed by atoms with E-state index in [2.05, 4.69) is 20.1 Å². The lowest BCUT2D eigenvalue weighted by atomic mass is 9.97. The Labute approximate surface area is 177 Å². The molecule has 0 spiro atoms. The van der Waals surface area contributed by atoms with E-state index in [9.17, 15) is 9.59 Å². The number of nitrogens with one attached hydrogen (secondary N) is 1. The third kappa shape index (κ3) is 4.62. The summed E-state index contributed by atoms with van der Waals surface area (Å²) in [4.78, 5) is 33.5. The van der Waals surface area contributed by atoms with Crippen molar-refractivity contribution in [2.24, 2.45) is 11.7 Å². The number of likely N-dealkylation sites (tertiary alicyclic amines) is 1. The van der Waals surface area contributed by atoms with Crippen LogP contribution in [0, 0.1) is 5.92 Å². The Balaban J connectivity index is 1.45. The SMILES string of the molecule is NC(=O)C1CCCN(c2ccc(NC(=O)C(c3ccccc3)N3CCCC3)cn2)C1. The van der Waals surface area contributed by atoms with Gasteiger partial charge >= 0.3 is 0 Å². The average molecular weight is 408 g/mol. The molecule has 3 heterocycles. The van der Waals surface area contributed by atoms with Crippen molar-refractivity contribution >= 4 is 23.3 Å². The Bertz CT molecular complexity index is 865. The van der Waals surface area contributed by atoms with E-state index in [1.165, 1.54) is 0 Å². The summed E-state index contributed by atoms with van der Waals surface area (Å²) in [5, 5.41) is 3.04. The maximum Gasteiger partial charge on any atom is 0.246 e. The predicted molar refractivity (Wildman–Crippen MR) is 117 cm³/mol. The highest BCUT2D eigenvalue weighted by Gasteiger charge is 2.30. The number of pyridine rings is 1. The molecule has 2 aliphatic heterocycles. The van der Waals surface area contributed by atoms with Crippen LogP contribution >= 0.6 is 0 Å². The highest BCUT2D eigenvalue weighted by molar-refractivity contribution is 5.95. The van der Waals surface area contributed by atoms with Crippen molar-refractivity contribution in [2.45, 2.75) is 31.7 Å². The number of primary amides is 1. The lowest BCUT2D eigenvalue weighted by Gasteiger charge is -2.32. The van der Waals surface area contributed by atoms with Gasteiger partial charge in [0.05, 0.1) is 17.8 Å². The molecule has 0 radical (unpaired) electrons. The van der Waals surface area contributed by atoms with Gasteiger partial charge in [0.1, 0.15) is 11.9 Å². The number of rotatable bonds is 6. The molecule has 0 bridgehead atoms. The molecule has 7 nitrogen and oxygen atoms in total. The molecule has 0 saturated carbocycles. The zero-order valence-electron chi connectivity index (χ0n) is 17.2. The van der Waals surface area contributed by atoms with Gasteiger partial charge in [-0.15, -0.1) is 0 Å². The first-order valence-corrected chi connectivity index (χ1v) is 10.7. The van der Waals surface area contributed by atoms with E-state index in [4.69, 9.17) is 5.73 Å². The third-order valence-electron chi connectivity index (χ3n) is 6.03. The molecule has 2 amide bonds. The first-order chi connectivity index (χ1) is 14.6. The van der Waals surface area contributed by atoms with Crippen LogP contribution in [0.2, 0.25) is 0 Å². The second kappa shape index (κ2) is 9.26. The van der Waals surface area contributed by atoms with E-state index < -0.39 is 0 Å². The number of carbonyl (C=O) groups excluding carboxylic acids is 2. The Morgan fingerprint density at radius 2 is 1.80 bits per heavy atom. The molecule has 7 heteroatoms. The number of nitrogens with zero attached hydrogens (tertiary/aromatic N) is 3. The molecular weight excluding hydrogens is 378 g/mol. The van der Waals surface area contributed by atoms with E-state index >= 15 is 0 Å². The Morgan fingerprint density at radius 3 is 2.47 bits per heavy atom. The summed E-state index contributed by atoms with van der Waals surface area (Å²) in [6, 6.07) is 13.4. The molecule has 3 N–H and O–H groups in total. The number of anilines is 2. The molecular formula is C23H29N5O2. The van der Waals surface area contributed by atoms with Crippen LogP contribution in [0.4, 0.5) is 11.5 Å². The molecule has 2 aliphatic rings. The second-order valence-corrected chi connectivity index (χ2v) is 8.14. The predicted octanol–water partition coefficient (Wildman–Crippen LogP) is 2.56. The quantitative estimate of drug-likeness (QED) is 0.768. The highest BCUT2D eigenvalue weighted by Crippen LogP contribution is 2.27. The van der Waals surface area contributed by atoms with Gasteiger partial charge in [0.25, 0.3) is 0 Å². The molecule has 30 heavy (non-hydrogen) atoms. The van der Waals surface area contributed by atoms with Gasteiger partial charge in [-0.1, -0.05) is 30.3 Å². The summed E-state index contributed by atoms with van der Waals surface area (Å²) in [5.41, 5.74) is 7.16. The largest absolute Gasteiger partial charge is 0.369 e.